The van der Waals surface area contributed by atoms with Gasteiger partial charge in [0, 0.05) is 0 Å². The van der Waals surface area contributed by atoms with Gasteiger partial charge in [-0.3, -0.25) is 4.79 Å². The highest BCUT2D eigenvalue weighted by molar-refractivity contribution is 6.03. The van der Waals surface area contributed by atoms with E-state index in [1.54, 1.807) is 0 Å². The molecule has 0 amide bonds. The molecule has 0 saturated carbocycles. The van der Waals surface area contributed by atoms with Gasteiger partial charge < -0.3 is 0 Å². The summed E-state index contributed by atoms with van der Waals surface area (Å²) in [6.07, 6.45) is 10.1. The van der Waals surface area contributed by atoms with E-state index in [9.17, 15) is 4.79 Å². The molecule has 0 aromatic heterocycles. The van der Waals surface area contributed by atoms with Gasteiger partial charge in [0.25, 0.3) is 0 Å². The van der Waals surface area contributed by atoms with Crippen LogP contribution in [0.15, 0.2) is 24.3 Å². The molecule has 0 radical (unpaired) electrons. The molecule has 0 aromatic carbocycles. The van der Waals surface area contributed by atoms with Crippen molar-refractivity contribution in [3.63, 3.8) is 0 Å². The van der Waals surface area contributed by atoms with Crippen LogP contribution in [-0.2, 0) is 4.79 Å². The molecule has 0 atom stereocenters. The lowest BCUT2D eigenvalue weighted by Crippen LogP contribution is -1.98. The van der Waals surface area contributed by atoms with E-state index in [2.05, 4.69) is 20.4 Å². The Bertz CT molecular complexity index is 201. The van der Waals surface area contributed by atoms with Crippen LogP contribution < -0.4 is 0 Å². The standard InChI is InChI=1S/C13H22O/c1-4-7-8-9-11-12(10-5-2)13(14)6-3/h6,10H,3-5,7-9,11H2,1-2H3. The summed E-state index contributed by atoms with van der Waals surface area (Å²) in [6, 6.07) is 0. The van der Waals surface area contributed by atoms with Gasteiger partial charge in [-0.05, 0) is 30.9 Å². The predicted octanol–water partition coefficient (Wildman–Crippen LogP) is 4.05. The third-order valence-electron chi connectivity index (χ3n) is 2.25. The lowest BCUT2D eigenvalue weighted by molar-refractivity contribution is -0.111. The molecule has 80 valence electrons. The summed E-state index contributed by atoms with van der Waals surface area (Å²) in [5.74, 6) is 0.100. The molecular formula is C13H22O. The van der Waals surface area contributed by atoms with Crippen molar-refractivity contribution in [3.05, 3.63) is 24.3 Å². The third-order valence-corrected chi connectivity index (χ3v) is 2.25. The van der Waals surface area contributed by atoms with Gasteiger partial charge in [0.15, 0.2) is 5.78 Å². The van der Waals surface area contributed by atoms with E-state index in [0.717, 1.165) is 24.8 Å². The van der Waals surface area contributed by atoms with Crippen LogP contribution in [0.3, 0.4) is 0 Å². The van der Waals surface area contributed by atoms with E-state index in [0.29, 0.717) is 0 Å². The predicted molar refractivity (Wildman–Crippen MR) is 62.3 cm³/mol. The molecule has 0 aliphatic carbocycles. The number of carbonyl (C=O) groups is 1. The third kappa shape index (κ3) is 5.74. The molecule has 0 aromatic rings. The van der Waals surface area contributed by atoms with Crippen molar-refractivity contribution in [2.75, 3.05) is 0 Å². The van der Waals surface area contributed by atoms with Crippen LogP contribution in [0, 0.1) is 0 Å². The summed E-state index contributed by atoms with van der Waals surface area (Å²) < 4.78 is 0. The van der Waals surface area contributed by atoms with Crippen LogP contribution in [0.4, 0.5) is 0 Å². The summed E-state index contributed by atoms with van der Waals surface area (Å²) >= 11 is 0. The van der Waals surface area contributed by atoms with Gasteiger partial charge >= 0.3 is 0 Å². The second-order valence-corrected chi connectivity index (χ2v) is 3.52. The largest absolute Gasteiger partial charge is 0.290 e. The molecule has 0 aliphatic rings. The van der Waals surface area contributed by atoms with Crippen molar-refractivity contribution in [3.8, 4) is 0 Å². The fourth-order valence-corrected chi connectivity index (χ4v) is 1.45. The summed E-state index contributed by atoms with van der Waals surface area (Å²) in [6.45, 7) is 7.77. The Hall–Kier alpha value is -0.850. The van der Waals surface area contributed by atoms with Crippen LogP contribution in [0.2, 0.25) is 0 Å². The van der Waals surface area contributed by atoms with E-state index in [4.69, 9.17) is 0 Å². The number of carbonyl (C=O) groups excluding carboxylic acids is 1. The van der Waals surface area contributed by atoms with E-state index in [1.165, 1.54) is 25.3 Å². The Morgan fingerprint density at radius 2 is 1.93 bits per heavy atom. The summed E-state index contributed by atoms with van der Waals surface area (Å²) in [7, 11) is 0. The number of allylic oxidation sites excluding steroid dienone is 3. The topological polar surface area (TPSA) is 17.1 Å². The maximum absolute atomic E-state index is 11.4. The van der Waals surface area contributed by atoms with E-state index in [1.807, 2.05) is 6.08 Å². The van der Waals surface area contributed by atoms with Crippen molar-refractivity contribution >= 4 is 5.78 Å². The van der Waals surface area contributed by atoms with Gasteiger partial charge in [-0.2, -0.15) is 0 Å². The number of unbranched alkanes of at least 4 members (excludes halogenated alkanes) is 3. The first-order valence-electron chi connectivity index (χ1n) is 5.62. The van der Waals surface area contributed by atoms with Crippen LogP contribution in [0.1, 0.15) is 52.4 Å². The number of rotatable bonds is 8. The molecule has 14 heavy (non-hydrogen) atoms. The number of ketones is 1. The molecule has 0 fully saturated rings. The minimum atomic E-state index is 0.100. The molecule has 0 aliphatic heterocycles. The Morgan fingerprint density at radius 3 is 2.43 bits per heavy atom. The summed E-state index contributed by atoms with van der Waals surface area (Å²) in [5.41, 5.74) is 0.943. The Kier molecular flexibility index (Phi) is 8.20. The molecule has 1 heteroatoms. The molecule has 0 heterocycles. The van der Waals surface area contributed by atoms with Gasteiger partial charge in [0.2, 0.25) is 0 Å². The number of hydrogen-bond acceptors (Lipinski definition) is 1. The molecule has 0 N–H and O–H groups in total. The van der Waals surface area contributed by atoms with Gasteiger partial charge in [0.05, 0.1) is 0 Å². The van der Waals surface area contributed by atoms with Gasteiger partial charge in [0.1, 0.15) is 0 Å². The van der Waals surface area contributed by atoms with Crippen LogP contribution in [0.25, 0.3) is 0 Å². The van der Waals surface area contributed by atoms with Crippen LogP contribution >= 0.6 is 0 Å². The molecule has 0 rings (SSSR count). The Balaban J connectivity index is 3.92. The van der Waals surface area contributed by atoms with Crippen LogP contribution in [-0.4, -0.2) is 5.78 Å². The molecule has 0 spiro atoms. The van der Waals surface area contributed by atoms with E-state index in [-0.39, 0.29) is 5.78 Å². The van der Waals surface area contributed by atoms with Crippen molar-refractivity contribution in [2.45, 2.75) is 52.4 Å². The Morgan fingerprint density at radius 1 is 1.21 bits per heavy atom. The first kappa shape index (κ1) is 13.2. The molecular weight excluding hydrogens is 172 g/mol. The average molecular weight is 194 g/mol. The normalized spacial score (nSPS) is 11.4. The van der Waals surface area contributed by atoms with Crippen molar-refractivity contribution < 1.29 is 4.79 Å². The average Bonchev–Trinajstić information content (AvgIpc) is 2.21. The van der Waals surface area contributed by atoms with Crippen molar-refractivity contribution in [2.24, 2.45) is 0 Å². The molecule has 0 saturated heterocycles. The van der Waals surface area contributed by atoms with Gasteiger partial charge in [-0.25, -0.2) is 0 Å². The highest BCUT2D eigenvalue weighted by atomic mass is 16.1. The highest BCUT2D eigenvalue weighted by Crippen LogP contribution is 2.12. The zero-order valence-corrected chi connectivity index (χ0v) is 9.51. The summed E-state index contributed by atoms with van der Waals surface area (Å²) in [5, 5.41) is 0. The second-order valence-electron chi connectivity index (χ2n) is 3.52. The SMILES string of the molecule is C=CC(=O)C(=CCC)CCCCCC. The lowest BCUT2D eigenvalue weighted by Gasteiger charge is -2.03. The zero-order valence-electron chi connectivity index (χ0n) is 9.51. The Labute approximate surface area is 87.9 Å². The first-order chi connectivity index (χ1) is 6.76. The first-order valence-corrected chi connectivity index (χ1v) is 5.62. The second kappa shape index (κ2) is 8.74. The maximum Gasteiger partial charge on any atom is 0.180 e. The van der Waals surface area contributed by atoms with Gasteiger partial charge in [-0.1, -0.05) is 45.8 Å². The smallest absolute Gasteiger partial charge is 0.180 e. The monoisotopic (exact) mass is 194 g/mol. The van der Waals surface area contributed by atoms with Gasteiger partial charge in [-0.15, -0.1) is 0 Å². The minimum absolute atomic E-state index is 0.100. The number of hydrogen-bond donors (Lipinski definition) is 0. The fraction of sp³-hybridized carbons (Fsp3) is 0.615. The van der Waals surface area contributed by atoms with Crippen molar-refractivity contribution in [1.82, 2.24) is 0 Å². The fourth-order valence-electron chi connectivity index (χ4n) is 1.45. The summed E-state index contributed by atoms with van der Waals surface area (Å²) in [4.78, 5) is 11.4. The van der Waals surface area contributed by atoms with E-state index >= 15 is 0 Å². The van der Waals surface area contributed by atoms with Crippen LogP contribution in [0.5, 0.6) is 0 Å². The highest BCUT2D eigenvalue weighted by Gasteiger charge is 2.03. The quantitative estimate of drug-likeness (QED) is 0.421. The minimum Gasteiger partial charge on any atom is -0.290 e. The zero-order chi connectivity index (χ0) is 10.8. The van der Waals surface area contributed by atoms with E-state index < -0.39 is 0 Å². The van der Waals surface area contributed by atoms with Crippen molar-refractivity contribution in [1.29, 1.82) is 0 Å². The molecule has 0 bridgehead atoms. The molecule has 0 unspecified atom stereocenters. The lowest BCUT2D eigenvalue weighted by atomic mass is 10.0. The molecule has 1 nitrogen and oxygen atoms in total. The maximum atomic E-state index is 11.4.